The molecule has 0 radical (unpaired) electrons. The van der Waals surface area contributed by atoms with Crippen LogP contribution in [0.4, 0.5) is 0 Å². The van der Waals surface area contributed by atoms with Crippen LogP contribution in [-0.4, -0.2) is 47.9 Å². The fourth-order valence-corrected chi connectivity index (χ4v) is 3.51. The molecule has 0 aromatic heterocycles. The van der Waals surface area contributed by atoms with Crippen molar-refractivity contribution in [2.24, 2.45) is 5.92 Å². The van der Waals surface area contributed by atoms with Gasteiger partial charge in [-0.05, 0) is 30.7 Å². The first-order valence-electron chi connectivity index (χ1n) is 9.40. The first-order chi connectivity index (χ1) is 12.0. The van der Waals surface area contributed by atoms with Crippen LogP contribution >= 0.6 is 0 Å². The van der Waals surface area contributed by atoms with Crippen molar-refractivity contribution < 1.29 is 9.59 Å². The van der Waals surface area contributed by atoms with E-state index in [1.807, 2.05) is 44.2 Å². The lowest BCUT2D eigenvalue weighted by Gasteiger charge is -2.24. The molecule has 0 unspecified atom stereocenters. The second kappa shape index (κ2) is 8.00. The van der Waals surface area contributed by atoms with Crippen LogP contribution < -0.4 is 10.6 Å². The van der Waals surface area contributed by atoms with Gasteiger partial charge in [0.2, 0.25) is 11.8 Å². The number of benzene rings is 1. The van der Waals surface area contributed by atoms with Crippen molar-refractivity contribution in [2.75, 3.05) is 13.1 Å². The summed E-state index contributed by atoms with van der Waals surface area (Å²) >= 11 is 0. The van der Waals surface area contributed by atoms with E-state index in [1.165, 1.54) is 12.8 Å². The van der Waals surface area contributed by atoms with Crippen LogP contribution in [0.5, 0.6) is 0 Å². The van der Waals surface area contributed by atoms with Gasteiger partial charge in [0.15, 0.2) is 0 Å². The van der Waals surface area contributed by atoms with Crippen molar-refractivity contribution in [2.45, 2.75) is 57.7 Å². The molecule has 0 spiro atoms. The van der Waals surface area contributed by atoms with Crippen molar-refractivity contribution in [1.29, 1.82) is 0 Å². The number of nitrogens with zero attached hydrogens (tertiary/aromatic N) is 1. The molecule has 1 saturated carbocycles. The fourth-order valence-electron chi connectivity index (χ4n) is 3.51. The van der Waals surface area contributed by atoms with Crippen molar-refractivity contribution in [1.82, 2.24) is 15.5 Å². The SMILES string of the molecule is CC(C)[C@H](NC(=O)Cc1ccccc1)C(=O)N[C@@H]1CCN(C2CC2)C1. The van der Waals surface area contributed by atoms with Crippen LogP contribution in [0, 0.1) is 5.92 Å². The van der Waals surface area contributed by atoms with Crippen molar-refractivity contribution >= 4 is 11.8 Å². The van der Waals surface area contributed by atoms with E-state index in [4.69, 9.17) is 0 Å². The fraction of sp³-hybridized carbons (Fsp3) is 0.600. The molecule has 2 fully saturated rings. The van der Waals surface area contributed by atoms with Crippen molar-refractivity contribution in [3.8, 4) is 0 Å². The number of hydrogen-bond donors (Lipinski definition) is 2. The summed E-state index contributed by atoms with van der Waals surface area (Å²) in [5.74, 6) is -0.106. The normalized spacial score (nSPS) is 22.0. The van der Waals surface area contributed by atoms with Gasteiger partial charge in [0.1, 0.15) is 6.04 Å². The number of hydrogen-bond acceptors (Lipinski definition) is 3. The molecule has 2 aliphatic rings. The number of rotatable bonds is 7. The molecule has 136 valence electrons. The molecule has 1 heterocycles. The van der Waals surface area contributed by atoms with E-state index in [2.05, 4.69) is 15.5 Å². The van der Waals surface area contributed by atoms with E-state index < -0.39 is 6.04 Å². The van der Waals surface area contributed by atoms with E-state index in [0.717, 1.165) is 31.1 Å². The van der Waals surface area contributed by atoms with Gasteiger partial charge in [-0.1, -0.05) is 44.2 Å². The second-order valence-electron chi connectivity index (χ2n) is 7.67. The van der Waals surface area contributed by atoms with Crippen LogP contribution in [0.3, 0.4) is 0 Å². The van der Waals surface area contributed by atoms with Crippen LogP contribution in [0.2, 0.25) is 0 Å². The lowest BCUT2D eigenvalue weighted by molar-refractivity contribution is -0.130. The average molecular weight is 343 g/mol. The zero-order valence-electron chi connectivity index (χ0n) is 15.2. The lowest BCUT2D eigenvalue weighted by Crippen LogP contribution is -2.52. The highest BCUT2D eigenvalue weighted by Gasteiger charge is 2.35. The highest BCUT2D eigenvalue weighted by atomic mass is 16.2. The van der Waals surface area contributed by atoms with Gasteiger partial charge in [0.05, 0.1) is 6.42 Å². The molecule has 1 aromatic carbocycles. The molecule has 1 aromatic rings. The maximum atomic E-state index is 12.7. The van der Waals surface area contributed by atoms with Gasteiger partial charge in [0.25, 0.3) is 0 Å². The Labute approximate surface area is 150 Å². The Balaban J connectivity index is 1.51. The minimum Gasteiger partial charge on any atom is -0.350 e. The third kappa shape index (κ3) is 5.05. The number of likely N-dealkylation sites (tertiary alicyclic amines) is 1. The Morgan fingerprint density at radius 1 is 1.16 bits per heavy atom. The van der Waals surface area contributed by atoms with Gasteiger partial charge in [-0.2, -0.15) is 0 Å². The molecule has 3 rings (SSSR count). The topological polar surface area (TPSA) is 61.4 Å². The second-order valence-corrected chi connectivity index (χ2v) is 7.67. The van der Waals surface area contributed by atoms with E-state index >= 15 is 0 Å². The van der Waals surface area contributed by atoms with E-state index in [9.17, 15) is 9.59 Å². The quantitative estimate of drug-likeness (QED) is 0.792. The molecular formula is C20H29N3O2. The van der Waals surface area contributed by atoms with Gasteiger partial charge >= 0.3 is 0 Å². The minimum atomic E-state index is -0.480. The zero-order chi connectivity index (χ0) is 17.8. The third-order valence-electron chi connectivity index (χ3n) is 5.10. The van der Waals surface area contributed by atoms with E-state index in [1.54, 1.807) is 0 Å². The zero-order valence-corrected chi connectivity index (χ0v) is 15.2. The predicted molar refractivity (Wildman–Crippen MR) is 98.1 cm³/mol. The summed E-state index contributed by atoms with van der Waals surface area (Å²) in [6.07, 6.45) is 3.90. The molecule has 2 N–H and O–H groups in total. The van der Waals surface area contributed by atoms with Gasteiger partial charge in [-0.3, -0.25) is 14.5 Å². The van der Waals surface area contributed by atoms with Crippen LogP contribution in [0.25, 0.3) is 0 Å². The molecule has 2 atom stereocenters. The smallest absolute Gasteiger partial charge is 0.243 e. The predicted octanol–water partition coefficient (Wildman–Crippen LogP) is 1.72. The Morgan fingerprint density at radius 3 is 2.52 bits per heavy atom. The van der Waals surface area contributed by atoms with Crippen LogP contribution in [0.1, 0.15) is 38.7 Å². The first kappa shape index (κ1) is 17.9. The standard InChI is InChI=1S/C20H29N3O2/c1-14(2)19(22-18(24)12-15-6-4-3-5-7-15)20(25)21-16-10-11-23(13-16)17-8-9-17/h3-7,14,16-17,19H,8-13H2,1-2H3,(H,21,25)(H,22,24)/t16-,19+/m1/s1. The molecular weight excluding hydrogens is 314 g/mol. The van der Waals surface area contributed by atoms with Crippen molar-refractivity contribution in [3.63, 3.8) is 0 Å². The Hall–Kier alpha value is -1.88. The summed E-state index contributed by atoms with van der Waals surface area (Å²) in [7, 11) is 0. The largest absolute Gasteiger partial charge is 0.350 e. The van der Waals surface area contributed by atoms with Gasteiger partial charge in [-0.15, -0.1) is 0 Å². The van der Waals surface area contributed by atoms with Gasteiger partial charge in [0, 0.05) is 25.2 Å². The monoisotopic (exact) mass is 343 g/mol. The minimum absolute atomic E-state index is 0.0562. The molecule has 2 amide bonds. The Bertz CT molecular complexity index is 598. The summed E-state index contributed by atoms with van der Waals surface area (Å²) in [5.41, 5.74) is 0.957. The molecule has 5 nitrogen and oxygen atoms in total. The number of carbonyl (C=O) groups is 2. The molecule has 25 heavy (non-hydrogen) atoms. The summed E-state index contributed by atoms with van der Waals surface area (Å²) in [5, 5.41) is 6.07. The van der Waals surface area contributed by atoms with Gasteiger partial charge in [-0.25, -0.2) is 0 Å². The van der Waals surface area contributed by atoms with E-state index in [0.29, 0.717) is 6.42 Å². The third-order valence-corrected chi connectivity index (χ3v) is 5.10. The number of carbonyl (C=O) groups excluding carboxylic acids is 2. The molecule has 5 heteroatoms. The first-order valence-corrected chi connectivity index (χ1v) is 9.40. The Morgan fingerprint density at radius 2 is 1.88 bits per heavy atom. The Kier molecular flexibility index (Phi) is 5.74. The molecule has 0 bridgehead atoms. The highest BCUT2D eigenvalue weighted by molar-refractivity contribution is 5.88. The molecule has 1 saturated heterocycles. The summed E-state index contributed by atoms with van der Waals surface area (Å²) in [6.45, 7) is 5.96. The summed E-state index contributed by atoms with van der Waals surface area (Å²) < 4.78 is 0. The molecule has 1 aliphatic heterocycles. The highest BCUT2D eigenvalue weighted by Crippen LogP contribution is 2.29. The van der Waals surface area contributed by atoms with Crippen molar-refractivity contribution in [3.05, 3.63) is 35.9 Å². The maximum Gasteiger partial charge on any atom is 0.243 e. The summed E-state index contributed by atoms with van der Waals surface area (Å²) in [4.78, 5) is 27.5. The molecule has 1 aliphatic carbocycles. The van der Waals surface area contributed by atoms with Gasteiger partial charge < -0.3 is 10.6 Å². The number of nitrogens with one attached hydrogen (secondary N) is 2. The van der Waals surface area contributed by atoms with Crippen LogP contribution in [0.15, 0.2) is 30.3 Å². The summed E-state index contributed by atoms with van der Waals surface area (Å²) in [6, 6.07) is 10.1. The van der Waals surface area contributed by atoms with Crippen LogP contribution in [-0.2, 0) is 16.0 Å². The maximum absolute atomic E-state index is 12.7. The van der Waals surface area contributed by atoms with E-state index in [-0.39, 0.29) is 23.8 Å². The number of amides is 2. The lowest BCUT2D eigenvalue weighted by atomic mass is 10.0. The average Bonchev–Trinajstić information content (AvgIpc) is 3.33.